The van der Waals surface area contributed by atoms with Crippen LogP contribution in [0, 0.1) is 6.92 Å². The number of aryl methyl sites for hydroxylation is 2. The molecule has 0 saturated heterocycles. The molecule has 2 N–H and O–H groups in total. The molecule has 0 bridgehead atoms. The number of amides is 1. The predicted octanol–water partition coefficient (Wildman–Crippen LogP) is 3.99. The Balaban J connectivity index is 1.58. The van der Waals surface area contributed by atoms with Gasteiger partial charge >= 0.3 is 0 Å². The number of hydrogen-bond donors (Lipinski definition) is 2. The standard InChI is InChI=1S/C22H20N4O2/c1-3-26-14(2)24-19-12-16(8-10-20(19)26)22(28)25-23-13-18-17-7-5-4-6-15(17)9-11-21(18)27/h4-13,27H,3H2,1-2H3,(H,25,28)/b23-13+. The first-order valence-corrected chi connectivity index (χ1v) is 9.09. The molecular formula is C22H20N4O2. The van der Waals surface area contributed by atoms with Crippen LogP contribution in [0.15, 0.2) is 59.7 Å². The van der Waals surface area contributed by atoms with E-state index in [9.17, 15) is 9.90 Å². The van der Waals surface area contributed by atoms with E-state index < -0.39 is 0 Å². The quantitative estimate of drug-likeness (QED) is 0.420. The maximum absolute atomic E-state index is 12.5. The lowest BCUT2D eigenvalue weighted by atomic mass is 10.0. The zero-order valence-electron chi connectivity index (χ0n) is 15.7. The third-order valence-electron chi connectivity index (χ3n) is 4.82. The number of carbonyl (C=O) groups excluding carboxylic acids is 1. The number of hydrogen-bond acceptors (Lipinski definition) is 4. The molecule has 0 radical (unpaired) electrons. The molecule has 0 atom stereocenters. The third-order valence-corrected chi connectivity index (χ3v) is 4.82. The number of phenolic OH excluding ortho intramolecular Hbond substituents is 1. The minimum atomic E-state index is -0.332. The molecule has 4 aromatic rings. The summed E-state index contributed by atoms with van der Waals surface area (Å²) in [6.07, 6.45) is 1.46. The maximum atomic E-state index is 12.5. The number of aromatic nitrogens is 2. The van der Waals surface area contributed by atoms with E-state index in [-0.39, 0.29) is 11.7 Å². The van der Waals surface area contributed by atoms with E-state index in [1.165, 1.54) is 6.21 Å². The predicted molar refractivity (Wildman–Crippen MR) is 111 cm³/mol. The van der Waals surface area contributed by atoms with Crippen LogP contribution in [0.3, 0.4) is 0 Å². The molecule has 0 aliphatic rings. The van der Waals surface area contributed by atoms with E-state index in [4.69, 9.17) is 0 Å². The van der Waals surface area contributed by atoms with Crippen molar-refractivity contribution in [2.45, 2.75) is 20.4 Å². The smallest absolute Gasteiger partial charge is 0.271 e. The van der Waals surface area contributed by atoms with Crippen LogP contribution in [0.5, 0.6) is 5.75 Å². The number of benzene rings is 3. The van der Waals surface area contributed by atoms with E-state index in [2.05, 4.69) is 27.0 Å². The molecule has 1 aromatic heterocycles. The Morgan fingerprint density at radius 1 is 1.21 bits per heavy atom. The largest absolute Gasteiger partial charge is 0.507 e. The van der Waals surface area contributed by atoms with Gasteiger partial charge in [0.05, 0.1) is 17.2 Å². The fourth-order valence-corrected chi connectivity index (χ4v) is 3.43. The Morgan fingerprint density at radius 3 is 2.86 bits per heavy atom. The summed E-state index contributed by atoms with van der Waals surface area (Å²) in [5, 5.41) is 16.0. The zero-order valence-corrected chi connectivity index (χ0v) is 15.7. The van der Waals surface area contributed by atoms with Crippen LogP contribution in [-0.4, -0.2) is 26.8 Å². The van der Waals surface area contributed by atoms with Gasteiger partial charge < -0.3 is 9.67 Å². The van der Waals surface area contributed by atoms with Crippen LogP contribution in [0.25, 0.3) is 21.8 Å². The number of rotatable bonds is 4. The molecule has 140 valence electrons. The van der Waals surface area contributed by atoms with Gasteiger partial charge in [0.2, 0.25) is 0 Å². The van der Waals surface area contributed by atoms with Crippen molar-refractivity contribution >= 4 is 33.9 Å². The average Bonchev–Trinajstić information content (AvgIpc) is 3.03. The van der Waals surface area contributed by atoms with Crippen molar-refractivity contribution in [3.63, 3.8) is 0 Å². The van der Waals surface area contributed by atoms with E-state index in [0.29, 0.717) is 11.1 Å². The number of hydrazone groups is 1. The van der Waals surface area contributed by atoms with Gasteiger partial charge in [-0.15, -0.1) is 0 Å². The lowest BCUT2D eigenvalue weighted by Crippen LogP contribution is -2.17. The molecule has 0 unspecified atom stereocenters. The van der Waals surface area contributed by atoms with Crippen LogP contribution in [-0.2, 0) is 6.54 Å². The Hall–Kier alpha value is -3.67. The summed E-state index contributed by atoms with van der Waals surface area (Å²) in [5.41, 5.74) is 5.35. The van der Waals surface area contributed by atoms with Gasteiger partial charge in [-0.2, -0.15) is 5.10 Å². The van der Waals surface area contributed by atoms with Crippen molar-refractivity contribution in [3.8, 4) is 5.75 Å². The van der Waals surface area contributed by atoms with Crippen molar-refractivity contribution in [1.82, 2.24) is 15.0 Å². The summed E-state index contributed by atoms with van der Waals surface area (Å²) in [7, 11) is 0. The van der Waals surface area contributed by atoms with Gasteiger partial charge in [-0.3, -0.25) is 4.79 Å². The highest BCUT2D eigenvalue weighted by atomic mass is 16.3. The van der Waals surface area contributed by atoms with E-state index in [1.807, 2.05) is 43.3 Å². The number of nitrogens with zero attached hydrogens (tertiary/aromatic N) is 3. The summed E-state index contributed by atoms with van der Waals surface area (Å²) in [6.45, 7) is 4.84. The summed E-state index contributed by atoms with van der Waals surface area (Å²) in [5.74, 6) is 0.694. The second-order valence-corrected chi connectivity index (χ2v) is 6.53. The molecular weight excluding hydrogens is 352 g/mol. The molecule has 0 aliphatic heterocycles. The molecule has 6 heteroatoms. The van der Waals surface area contributed by atoms with Gasteiger partial charge in [0.1, 0.15) is 11.6 Å². The first-order valence-electron chi connectivity index (χ1n) is 9.09. The summed E-state index contributed by atoms with van der Waals surface area (Å²) >= 11 is 0. The Labute approximate surface area is 162 Å². The number of aromatic hydroxyl groups is 1. The first-order chi connectivity index (χ1) is 13.6. The normalized spacial score (nSPS) is 11.5. The molecule has 0 fully saturated rings. The minimum Gasteiger partial charge on any atom is -0.507 e. The molecule has 28 heavy (non-hydrogen) atoms. The van der Waals surface area contributed by atoms with Crippen molar-refractivity contribution in [2.75, 3.05) is 0 Å². The Morgan fingerprint density at radius 2 is 2.04 bits per heavy atom. The lowest BCUT2D eigenvalue weighted by molar-refractivity contribution is 0.0955. The fraction of sp³-hybridized carbons (Fsp3) is 0.136. The monoisotopic (exact) mass is 372 g/mol. The van der Waals surface area contributed by atoms with Gasteiger partial charge in [0.25, 0.3) is 5.91 Å². The Bertz CT molecular complexity index is 1220. The van der Waals surface area contributed by atoms with Gasteiger partial charge in [0.15, 0.2) is 0 Å². The van der Waals surface area contributed by atoms with Crippen LogP contribution >= 0.6 is 0 Å². The van der Waals surface area contributed by atoms with Gasteiger partial charge in [0, 0.05) is 17.7 Å². The molecule has 0 aliphatic carbocycles. The van der Waals surface area contributed by atoms with Gasteiger partial charge in [-0.05, 0) is 48.9 Å². The van der Waals surface area contributed by atoms with Crippen molar-refractivity contribution in [1.29, 1.82) is 0 Å². The number of fused-ring (bicyclic) bond motifs is 2. The van der Waals surface area contributed by atoms with Crippen LogP contribution in [0.4, 0.5) is 0 Å². The summed E-state index contributed by atoms with van der Waals surface area (Å²) in [4.78, 5) is 17.0. The number of phenols is 1. The topological polar surface area (TPSA) is 79.5 Å². The van der Waals surface area contributed by atoms with Crippen LogP contribution < -0.4 is 5.43 Å². The third kappa shape index (κ3) is 3.09. The van der Waals surface area contributed by atoms with Gasteiger partial charge in [-0.1, -0.05) is 30.3 Å². The second kappa shape index (κ2) is 7.15. The van der Waals surface area contributed by atoms with Gasteiger partial charge in [-0.25, -0.2) is 10.4 Å². The highest BCUT2D eigenvalue weighted by molar-refractivity contribution is 6.03. The van der Waals surface area contributed by atoms with Crippen LogP contribution in [0.2, 0.25) is 0 Å². The molecule has 0 spiro atoms. The molecule has 1 heterocycles. The van der Waals surface area contributed by atoms with Crippen molar-refractivity contribution in [3.05, 3.63) is 71.5 Å². The lowest BCUT2D eigenvalue weighted by Gasteiger charge is -2.05. The van der Waals surface area contributed by atoms with Crippen LogP contribution in [0.1, 0.15) is 28.7 Å². The van der Waals surface area contributed by atoms with E-state index in [0.717, 1.165) is 34.2 Å². The average molecular weight is 372 g/mol. The number of imidazole rings is 1. The van der Waals surface area contributed by atoms with Crippen molar-refractivity contribution in [2.24, 2.45) is 5.10 Å². The highest BCUT2D eigenvalue weighted by Crippen LogP contribution is 2.25. The molecule has 6 nitrogen and oxygen atoms in total. The minimum absolute atomic E-state index is 0.110. The molecule has 1 amide bonds. The molecule has 4 rings (SSSR count). The fourth-order valence-electron chi connectivity index (χ4n) is 3.43. The van der Waals surface area contributed by atoms with E-state index in [1.54, 1.807) is 18.2 Å². The highest BCUT2D eigenvalue weighted by Gasteiger charge is 2.11. The number of carbonyl (C=O) groups is 1. The second-order valence-electron chi connectivity index (χ2n) is 6.53. The Kier molecular flexibility index (Phi) is 4.53. The van der Waals surface area contributed by atoms with Crippen molar-refractivity contribution < 1.29 is 9.90 Å². The zero-order chi connectivity index (χ0) is 19.7. The number of nitrogens with one attached hydrogen (secondary N) is 1. The maximum Gasteiger partial charge on any atom is 0.271 e. The summed E-state index contributed by atoms with van der Waals surface area (Å²) < 4.78 is 2.10. The molecule has 0 saturated carbocycles. The molecule has 3 aromatic carbocycles. The first kappa shape index (κ1) is 17.7. The van der Waals surface area contributed by atoms with E-state index >= 15 is 0 Å². The SMILES string of the molecule is CCn1c(C)nc2cc(C(=O)N/N=C/c3c(O)ccc4ccccc34)ccc21. The summed E-state index contributed by atoms with van der Waals surface area (Å²) in [6, 6.07) is 16.6.